The van der Waals surface area contributed by atoms with Crippen LogP contribution in [-0.4, -0.2) is 29.6 Å². The Morgan fingerprint density at radius 1 is 1.40 bits per heavy atom. The molecule has 0 saturated carbocycles. The minimum Gasteiger partial charge on any atom is -0.475 e. The van der Waals surface area contributed by atoms with E-state index in [0.29, 0.717) is 18.0 Å². The number of furan rings is 1. The molecule has 4 nitrogen and oxygen atoms in total. The molecule has 0 aliphatic rings. The fourth-order valence-electron chi connectivity index (χ4n) is 2.42. The fraction of sp³-hybridized carbons (Fsp3) is 0.438. The summed E-state index contributed by atoms with van der Waals surface area (Å²) in [5.74, 6) is -0.359. The molecule has 20 heavy (non-hydrogen) atoms. The van der Waals surface area contributed by atoms with Gasteiger partial charge in [-0.2, -0.15) is 0 Å². The molecule has 1 atom stereocenters. The first-order valence-electron chi connectivity index (χ1n) is 6.95. The summed E-state index contributed by atoms with van der Waals surface area (Å²) in [6.45, 7) is 5.88. The van der Waals surface area contributed by atoms with Gasteiger partial charge in [0.2, 0.25) is 5.76 Å². The summed E-state index contributed by atoms with van der Waals surface area (Å²) >= 11 is 0. The van der Waals surface area contributed by atoms with Crippen molar-refractivity contribution in [1.29, 1.82) is 0 Å². The minimum absolute atomic E-state index is 0.0576. The van der Waals surface area contributed by atoms with Gasteiger partial charge in [-0.1, -0.05) is 38.5 Å². The number of carboxylic acids is 1. The molecule has 0 saturated heterocycles. The lowest BCUT2D eigenvalue weighted by atomic mass is 10.1. The molecule has 0 aliphatic carbocycles. The standard InChI is InChI=1S/C16H21NO3/c1-4-11(2)9-17(3)10-13-12-7-5-6-8-14(12)20-15(13)16(18)19/h5-8,11H,4,9-10H2,1-3H3,(H,18,19). The third-order valence-electron chi connectivity index (χ3n) is 3.64. The van der Waals surface area contributed by atoms with E-state index in [2.05, 4.69) is 18.7 Å². The van der Waals surface area contributed by atoms with Crippen LogP contribution in [0.5, 0.6) is 0 Å². The van der Waals surface area contributed by atoms with Crippen LogP contribution < -0.4 is 0 Å². The molecule has 4 heteroatoms. The van der Waals surface area contributed by atoms with Gasteiger partial charge in [-0.15, -0.1) is 0 Å². The van der Waals surface area contributed by atoms with E-state index in [-0.39, 0.29) is 5.76 Å². The van der Waals surface area contributed by atoms with Crippen LogP contribution in [0.1, 0.15) is 36.4 Å². The van der Waals surface area contributed by atoms with E-state index in [1.54, 1.807) is 6.07 Å². The van der Waals surface area contributed by atoms with Crippen molar-refractivity contribution in [3.8, 4) is 0 Å². The van der Waals surface area contributed by atoms with Crippen LogP contribution in [0.25, 0.3) is 11.0 Å². The maximum absolute atomic E-state index is 11.3. The second-order valence-electron chi connectivity index (χ2n) is 5.42. The van der Waals surface area contributed by atoms with Gasteiger partial charge in [0.25, 0.3) is 0 Å². The van der Waals surface area contributed by atoms with Gasteiger partial charge < -0.3 is 14.4 Å². The normalized spacial score (nSPS) is 13.0. The molecule has 1 aromatic carbocycles. The second kappa shape index (κ2) is 6.09. The molecule has 1 unspecified atom stereocenters. The zero-order valence-corrected chi connectivity index (χ0v) is 12.2. The Morgan fingerprint density at radius 2 is 2.10 bits per heavy atom. The SMILES string of the molecule is CCC(C)CN(C)Cc1c(C(=O)O)oc2ccccc12. The van der Waals surface area contributed by atoms with Gasteiger partial charge in [0.15, 0.2) is 0 Å². The Labute approximate surface area is 119 Å². The molecule has 2 rings (SSSR count). The zero-order chi connectivity index (χ0) is 14.7. The number of carbonyl (C=O) groups is 1. The zero-order valence-electron chi connectivity index (χ0n) is 12.2. The Bertz CT molecular complexity index is 603. The molecule has 108 valence electrons. The Morgan fingerprint density at radius 3 is 2.75 bits per heavy atom. The number of aromatic carboxylic acids is 1. The summed E-state index contributed by atoms with van der Waals surface area (Å²) in [5, 5.41) is 10.2. The molecule has 0 spiro atoms. The molecule has 0 radical (unpaired) electrons. The van der Waals surface area contributed by atoms with E-state index in [1.807, 2.05) is 25.2 Å². The minimum atomic E-state index is -1.01. The summed E-state index contributed by atoms with van der Waals surface area (Å²) in [5.41, 5.74) is 1.40. The third kappa shape index (κ3) is 3.02. The summed E-state index contributed by atoms with van der Waals surface area (Å²) in [4.78, 5) is 13.5. The molecule has 1 N–H and O–H groups in total. The van der Waals surface area contributed by atoms with Gasteiger partial charge in [-0.05, 0) is 19.0 Å². The highest BCUT2D eigenvalue weighted by Gasteiger charge is 2.20. The predicted molar refractivity (Wildman–Crippen MR) is 79.0 cm³/mol. The van der Waals surface area contributed by atoms with Gasteiger partial charge >= 0.3 is 5.97 Å². The van der Waals surface area contributed by atoms with Crippen molar-refractivity contribution in [3.63, 3.8) is 0 Å². The first-order chi connectivity index (χ1) is 9.52. The number of nitrogens with zero attached hydrogens (tertiary/aromatic N) is 1. The number of carboxylic acid groups (broad SMARTS) is 1. The molecular weight excluding hydrogens is 254 g/mol. The monoisotopic (exact) mass is 275 g/mol. The molecule has 1 heterocycles. The summed E-state index contributed by atoms with van der Waals surface area (Å²) in [6, 6.07) is 7.48. The van der Waals surface area contributed by atoms with Crippen molar-refractivity contribution in [2.24, 2.45) is 5.92 Å². The van der Waals surface area contributed by atoms with Crippen molar-refractivity contribution in [2.45, 2.75) is 26.8 Å². The number of rotatable bonds is 6. The van der Waals surface area contributed by atoms with E-state index in [0.717, 1.165) is 23.9 Å². The van der Waals surface area contributed by atoms with Crippen LogP contribution in [0.3, 0.4) is 0 Å². The topological polar surface area (TPSA) is 53.7 Å². The predicted octanol–water partition coefficient (Wildman–Crippen LogP) is 3.61. The maximum atomic E-state index is 11.3. The van der Waals surface area contributed by atoms with Crippen molar-refractivity contribution in [1.82, 2.24) is 4.90 Å². The van der Waals surface area contributed by atoms with Crippen molar-refractivity contribution in [3.05, 3.63) is 35.6 Å². The average molecular weight is 275 g/mol. The molecule has 1 aromatic heterocycles. The summed E-state index contributed by atoms with van der Waals surface area (Å²) in [7, 11) is 2.01. The number of hydrogen-bond donors (Lipinski definition) is 1. The number of fused-ring (bicyclic) bond motifs is 1. The van der Waals surface area contributed by atoms with Crippen LogP contribution in [0.4, 0.5) is 0 Å². The molecule has 0 aliphatic heterocycles. The van der Waals surface area contributed by atoms with Gasteiger partial charge in [-0.3, -0.25) is 0 Å². The smallest absolute Gasteiger partial charge is 0.372 e. The van der Waals surface area contributed by atoms with Crippen LogP contribution in [-0.2, 0) is 6.54 Å². The first kappa shape index (κ1) is 14.6. The molecular formula is C16H21NO3. The Hall–Kier alpha value is -1.81. The van der Waals surface area contributed by atoms with E-state index < -0.39 is 5.97 Å². The van der Waals surface area contributed by atoms with Crippen molar-refractivity contribution >= 4 is 16.9 Å². The van der Waals surface area contributed by atoms with Crippen LogP contribution >= 0.6 is 0 Å². The lowest BCUT2D eigenvalue weighted by Gasteiger charge is -2.20. The third-order valence-corrected chi connectivity index (χ3v) is 3.64. The molecule has 0 fully saturated rings. The Balaban J connectivity index is 2.32. The lowest BCUT2D eigenvalue weighted by molar-refractivity contribution is 0.0662. The highest BCUT2D eigenvalue weighted by Crippen LogP contribution is 2.27. The average Bonchev–Trinajstić information content (AvgIpc) is 2.78. The second-order valence-corrected chi connectivity index (χ2v) is 5.42. The number of para-hydroxylation sites is 1. The highest BCUT2D eigenvalue weighted by atomic mass is 16.4. The van der Waals surface area contributed by atoms with E-state index in [4.69, 9.17) is 4.42 Å². The quantitative estimate of drug-likeness (QED) is 0.875. The van der Waals surface area contributed by atoms with Crippen molar-refractivity contribution in [2.75, 3.05) is 13.6 Å². The molecule has 2 aromatic rings. The van der Waals surface area contributed by atoms with E-state index in [1.165, 1.54) is 0 Å². The van der Waals surface area contributed by atoms with E-state index in [9.17, 15) is 9.90 Å². The molecule has 0 bridgehead atoms. The lowest BCUT2D eigenvalue weighted by Crippen LogP contribution is -2.24. The Kier molecular flexibility index (Phi) is 4.45. The molecule has 0 amide bonds. The first-order valence-corrected chi connectivity index (χ1v) is 6.95. The number of hydrogen-bond acceptors (Lipinski definition) is 3. The maximum Gasteiger partial charge on any atom is 0.372 e. The van der Waals surface area contributed by atoms with Crippen LogP contribution in [0.2, 0.25) is 0 Å². The van der Waals surface area contributed by atoms with Gasteiger partial charge in [0.05, 0.1) is 0 Å². The van der Waals surface area contributed by atoms with Gasteiger partial charge in [0.1, 0.15) is 5.58 Å². The van der Waals surface area contributed by atoms with Gasteiger partial charge in [-0.25, -0.2) is 4.79 Å². The van der Waals surface area contributed by atoms with Crippen molar-refractivity contribution < 1.29 is 14.3 Å². The fourth-order valence-corrected chi connectivity index (χ4v) is 2.42. The van der Waals surface area contributed by atoms with E-state index >= 15 is 0 Å². The highest BCUT2D eigenvalue weighted by molar-refractivity contribution is 5.95. The largest absolute Gasteiger partial charge is 0.475 e. The summed E-state index contributed by atoms with van der Waals surface area (Å²) < 4.78 is 5.47. The summed E-state index contributed by atoms with van der Waals surface area (Å²) in [6.07, 6.45) is 1.11. The number of benzene rings is 1. The van der Waals surface area contributed by atoms with Crippen LogP contribution in [0, 0.1) is 5.92 Å². The van der Waals surface area contributed by atoms with Crippen LogP contribution in [0.15, 0.2) is 28.7 Å². The van der Waals surface area contributed by atoms with Gasteiger partial charge in [0, 0.05) is 24.0 Å².